The van der Waals surface area contributed by atoms with Gasteiger partial charge in [-0.1, -0.05) is 17.7 Å². The molecule has 0 amide bonds. The molecule has 0 spiro atoms. The lowest BCUT2D eigenvalue weighted by Crippen LogP contribution is -2.11. The third-order valence-corrected chi connectivity index (χ3v) is 4.20. The molecule has 0 fully saturated rings. The van der Waals surface area contributed by atoms with E-state index < -0.39 is 11.9 Å². The van der Waals surface area contributed by atoms with E-state index in [2.05, 4.69) is 9.97 Å². The Morgan fingerprint density at radius 3 is 2.89 bits per heavy atom. The van der Waals surface area contributed by atoms with Gasteiger partial charge in [0.05, 0.1) is 21.7 Å². The van der Waals surface area contributed by atoms with Crippen LogP contribution in [0.1, 0.15) is 16.4 Å². The first-order valence-corrected chi connectivity index (χ1v) is 6.75. The minimum atomic E-state index is -0.895. The number of fused-ring (bicyclic) bond motifs is 1. The number of nitrogens with zero attached hydrogens (tertiary/aromatic N) is 1. The van der Waals surface area contributed by atoms with Gasteiger partial charge in [0.2, 0.25) is 0 Å². The van der Waals surface area contributed by atoms with E-state index >= 15 is 0 Å². The van der Waals surface area contributed by atoms with E-state index in [1.165, 1.54) is 11.3 Å². The molecule has 2 N–H and O–H groups in total. The number of carbonyl (C=O) groups is 1. The van der Waals surface area contributed by atoms with E-state index in [1.54, 1.807) is 30.6 Å². The van der Waals surface area contributed by atoms with E-state index in [-0.39, 0.29) is 0 Å². The van der Waals surface area contributed by atoms with Gasteiger partial charge < -0.3 is 10.1 Å². The summed E-state index contributed by atoms with van der Waals surface area (Å²) >= 11 is 7.17. The molecule has 1 aromatic carbocycles. The van der Waals surface area contributed by atoms with E-state index in [1.807, 2.05) is 6.07 Å². The fraction of sp³-hybridized carbons (Fsp3) is 0.0769. The largest absolute Gasteiger partial charge is 0.481 e. The third kappa shape index (κ3) is 2.22. The van der Waals surface area contributed by atoms with Gasteiger partial charge in [0.25, 0.3) is 0 Å². The summed E-state index contributed by atoms with van der Waals surface area (Å²) in [7, 11) is 0. The Morgan fingerprint density at radius 2 is 2.21 bits per heavy atom. The maximum absolute atomic E-state index is 11.5. The molecule has 19 heavy (non-hydrogen) atoms. The van der Waals surface area contributed by atoms with Crippen molar-refractivity contribution < 1.29 is 9.90 Å². The molecule has 0 saturated carbocycles. The molecule has 0 aliphatic rings. The number of aromatic nitrogens is 2. The predicted molar refractivity (Wildman–Crippen MR) is 74.9 cm³/mol. The van der Waals surface area contributed by atoms with Crippen LogP contribution >= 0.6 is 22.9 Å². The highest BCUT2D eigenvalue weighted by molar-refractivity contribution is 7.16. The van der Waals surface area contributed by atoms with Crippen molar-refractivity contribution in [1.82, 2.24) is 9.97 Å². The summed E-state index contributed by atoms with van der Waals surface area (Å²) in [6, 6.07) is 8.89. The molecular weight excluding hydrogens is 284 g/mol. The van der Waals surface area contributed by atoms with Crippen molar-refractivity contribution in [3.63, 3.8) is 0 Å². The number of aliphatic carboxylic acids is 1. The maximum Gasteiger partial charge on any atom is 0.316 e. The second-order valence-electron chi connectivity index (χ2n) is 4.09. The van der Waals surface area contributed by atoms with Gasteiger partial charge in [-0.2, -0.15) is 0 Å². The standard InChI is InChI=1S/C13H9ClN2O2S/c14-11-4-3-10(19-11)12(13(17)18)7-1-2-8-9(5-7)16-6-15-8/h1-6,12H,(H,15,16)(H,17,18). The number of hydrogen-bond donors (Lipinski definition) is 2. The Labute approximate surface area is 117 Å². The number of nitrogens with one attached hydrogen (secondary N) is 1. The van der Waals surface area contributed by atoms with Crippen molar-refractivity contribution in [2.75, 3.05) is 0 Å². The summed E-state index contributed by atoms with van der Waals surface area (Å²) in [6.07, 6.45) is 1.59. The average Bonchev–Trinajstić information content (AvgIpc) is 2.97. The van der Waals surface area contributed by atoms with Crippen molar-refractivity contribution in [1.29, 1.82) is 0 Å². The summed E-state index contributed by atoms with van der Waals surface area (Å²) in [4.78, 5) is 19.4. The van der Waals surface area contributed by atoms with Gasteiger partial charge in [0.1, 0.15) is 5.92 Å². The van der Waals surface area contributed by atoms with Gasteiger partial charge in [-0.25, -0.2) is 4.98 Å². The van der Waals surface area contributed by atoms with Crippen LogP contribution < -0.4 is 0 Å². The molecule has 2 heterocycles. The van der Waals surface area contributed by atoms with Crippen LogP contribution in [-0.4, -0.2) is 21.0 Å². The molecule has 1 atom stereocenters. The SMILES string of the molecule is O=C(O)C(c1ccc2[nH]cnc2c1)c1ccc(Cl)s1. The number of imidazole rings is 1. The smallest absolute Gasteiger partial charge is 0.316 e. The summed E-state index contributed by atoms with van der Waals surface area (Å²) in [5.74, 6) is -1.60. The van der Waals surface area contributed by atoms with Crippen LogP contribution in [0.2, 0.25) is 4.34 Å². The van der Waals surface area contributed by atoms with Crippen molar-refractivity contribution in [2.24, 2.45) is 0 Å². The monoisotopic (exact) mass is 292 g/mol. The Bertz CT molecular complexity index is 750. The minimum Gasteiger partial charge on any atom is -0.481 e. The highest BCUT2D eigenvalue weighted by atomic mass is 35.5. The van der Waals surface area contributed by atoms with Gasteiger partial charge in [-0.05, 0) is 29.8 Å². The zero-order chi connectivity index (χ0) is 13.4. The van der Waals surface area contributed by atoms with E-state index in [4.69, 9.17) is 11.6 Å². The molecule has 6 heteroatoms. The molecule has 4 nitrogen and oxygen atoms in total. The first-order valence-electron chi connectivity index (χ1n) is 5.56. The van der Waals surface area contributed by atoms with Crippen LogP contribution in [0, 0.1) is 0 Å². The number of hydrogen-bond acceptors (Lipinski definition) is 3. The predicted octanol–water partition coefficient (Wildman–Crippen LogP) is 3.49. The number of rotatable bonds is 3. The van der Waals surface area contributed by atoms with E-state index in [9.17, 15) is 9.90 Å². The molecule has 0 aliphatic heterocycles. The second kappa shape index (κ2) is 4.68. The molecule has 2 aromatic heterocycles. The van der Waals surface area contributed by atoms with Gasteiger partial charge in [0.15, 0.2) is 0 Å². The van der Waals surface area contributed by atoms with Gasteiger partial charge in [-0.15, -0.1) is 11.3 Å². The molecular formula is C13H9ClN2O2S. The lowest BCUT2D eigenvalue weighted by Gasteiger charge is -2.10. The maximum atomic E-state index is 11.5. The molecule has 0 saturated heterocycles. The van der Waals surface area contributed by atoms with Crippen molar-refractivity contribution >= 4 is 39.9 Å². The summed E-state index contributed by atoms with van der Waals surface area (Å²) in [5, 5.41) is 9.45. The fourth-order valence-electron chi connectivity index (χ4n) is 2.04. The lowest BCUT2D eigenvalue weighted by atomic mass is 9.97. The normalized spacial score (nSPS) is 12.7. The molecule has 3 aromatic rings. The number of aromatic amines is 1. The third-order valence-electron chi connectivity index (χ3n) is 2.90. The lowest BCUT2D eigenvalue weighted by molar-refractivity contribution is -0.137. The highest BCUT2D eigenvalue weighted by Gasteiger charge is 2.24. The number of carboxylic acid groups (broad SMARTS) is 1. The zero-order valence-electron chi connectivity index (χ0n) is 9.63. The number of halogens is 1. The molecule has 96 valence electrons. The molecule has 0 radical (unpaired) electrons. The average molecular weight is 293 g/mol. The first-order chi connectivity index (χ1) is 9.15. The highest BCUT2D eigenvalue weighted by Crippen LogP contribution is 2.33. The van der Waals surface area contributed by atoms with Gasteiger partial charge >= 0.3 is 5.97 Å². The summed E-state index contributed by atoms with van der Waals surface area (Å²) in [6.45, 7) is 0. The van der Waals surface area contributed by atoms with Crippen LogP contribution in [0.4, 0.5) is 0 Å². The second-order valence-corrected chi connectivity index (χ2v) is 5.84. The molecule has 3 rings (SSSR count). The topological polar surface area (TPSA) is 66.0 Å². The molecule has 0 aliphatic carbocycles. The minimum absolute atomic E-state index is 0.585. The van der Waals surface area contributed by atoms with Crippen LogP contribution in [0.5, 0.6) is 0 Å². The Hall–Kier alpha value is -1.85. The van der Waals surface area contributed by atoms with Crippen molar-refractivity contribution in [3.05, 3.63) is 51.4 Å². The summed E-state index contributed by atoms with van der Waals surface area (Å²) in [5.41, 5.74) is 2.34. The Balaban J connectivity index is 2.11. The summed E-state index contributed by atoms with van der Waals surface area (Å²) < 4.78 is 0.585. The number of carboxylic acids is 1. The Morgan fingerprint density at radius 1 is 1.37 bits per heavy atom. The van der Waals surface area contributed by atoms with Crippen LogP contribution in [0.25, 0.3) is 11.0 Å². The van der Waals surface area contributed by atoms with Crippen LogP contribution in [-0.2, 0) is 4.79 Å². The zero-order valence-corrected chi connectivity index (χ0v) is 11.2. The first kappa shape index (κ1) is 12.2. The number of H-pyrrole nitrogens is 1. The number of benzene rings is 1. The van der Waals surface area contributed by atoms with Gasteiger partial charge in [-0.3, -0.25) is 4.79 Å². The van der Waals surface area contributed by atoms with Crippen molar-refractivity contribution in [3.8, 4) is 0 Å². The molecule has 0 bridgehead atoms. The van der Waals surface area contributed by atoms with Crippen LogP contribution in [0.3, 0.4) is 0 Å². The molecule has 1 unspecified atom stereocenters. The Kier molecular flexibility index (Phi) is 3.00. The number of thiophene rings is 1. The van der Waals surface area contributed by atoms with E-state index in [0.717, 1.165) is 11.0 Å². The van der Waals surface area contributed by atoms with Crippen LogP contribution in [0.15, 0.2) is 36.7 Å². The van der Waals surface area contributed by atoms with E-state index in [0.29, 0.717) is 14.8 Å². The van der Waals surface area contributed by atoms with Gasteiger partial charge in [0, 0.05) is 4.88 Å². The fourth-order valence-corrected chi connectivity index (χ4v) is 3.22. The quantitative estimate of drug-likeness (QED) is 0.776. The van der Waals surface area contributed by atoms with Crippen molar-refractivity contribution in [2.45, 2.75) is 5.92 Å².